The Labute approximate surface area is 83.5 Å². The van der Waals surface area contributed by atoms with Gasteiger partial charge in [-0.15, -0.1) is 6.58 Å². The third-order valence-corrected chi connectivity index (χ3v) is 2.25. The largest absolute Gasteiger partial charge is 0.465 e. The zero-order valence-corrected chi connectivity index (χ0v) is 8.36. The first-order chi connectivity index (χ1) is 6.69. The molecule has 1 atom stereocenters. The second kappa shape index (κ2) is 4.79. The SMILES string of the molecule is C=CC1CCC(=O)N1CC(=O)OCC. The molecule has 1 heterocycles. The number of hydrogen-bond donors (Lipinski definition) is 0. The van der Waals surface area contributed by atoms with E-state index in [4.69, 9.17) is 4.74 Å². The molecule has 0 aromatic carbocycles. The van der Waals surface area contributed by atoms with Crippen LogP contribution in [0.25, 0.3) is 0 Å². The fraction of sp³-hybridized carbons (Fsp3) is 0.600. The summed E-state index contributed by atoms with van der Waals surface area (Å²) in [6.45, 7) is 5.77. The van der Waals surface area contributed by atoms with Gasteiger partial charge in [-0.05, 0) is 13.3 Å². The van der Waals surface area contributed by atoms with Gasteiger partial charge in [0.2, 0.25) is 5.91 Å². The molecular formula is C10H15NO3. The van der Waals surface area contributed by atoms with E-state index in [1.165, 1.54) is 4.90 Å². The molecule has 1 rings (SSSR count). The van der Waals surface area contributed by atoms with E-state index >= 15 is 0 Å². The van der Waals surface area contributed by atoms with Crippen LogP contribution in [0.5, 0.6) is 0 Å². The molecule has 0 bridgehead atoms. The number of amides is 1. The van der Waals surface area contributed by atoms with Crippen molar-refractivity contribution in [3.05, 3.63) is 12.7 Å². The van der Waals surface area contributed by atoms with Gasteiger partial charge in [0.15, 0.2) is 0 Å². The van der Waals surface area contributed by atoms with Gasteiger partial charge in [-0.25, -0.2) is 0 Å². The summed E-state index contributed by atoms with van der Waals surface area (Å²) in [5, 5.41) is 0. The van der Waals surface area contributed by atoms with Crippen LogP contribution in [0.2, 0.25) is 0 Å². The number of carbonyl (C=O) groups is 2. The second-order valence-electron chi connectivity index (χ2n) is 3.17. The van der Waals surface area contributed by atoms with Crippen LogP contribution in [0.1, 0.15) is 19.8 Å². The molecule has 0 saturated carbocycles. The molecule has 0 aromatic rings. The summed E-state index contributed by atoms with van der Waals surface area (Å²) in [5.41, 5.74) is 0. The smallest absolute Gasteiger partial charge is 0.325 e. The monoisotopic (exact) mass is 197 g/mol. The number of rotatable bonds is 4. The van der Waals surface area contributed by atoms with E-state index in [-0.39, 0.29) is 24.5 Å². The Balaban J connectivity index is 2.52. The lowest BCUT2D eigenvalue weighted by atomic mass is 10.2. The van der Waals surface area contributed by atoms with E-state index < -0.39 is 0 Å². The van der Waals surface area contributed by atoms with Crippen LogP contribution in [0.4, 0.5) is 0 Å². The number of esters is 1. The summed E-state index contributed by atoms with van der Waals surface area (Å²) < 4.78 is 4.78. The molecule has 1 unspecified atom stereocenters. The fourth-order valence-electron chi connectivity index (χ4n) is 1.55. The molecule has 1 saturated heterocycles. The maximum absolute atomic E-state index is 11.4. The van der Waals surface area contributed by atoms with Crippen LogP contribution < -0.4 is 0 Å². The highest BCUT2D eigenvalue weighted by Gasteiger charge is 2.30. The summed E-state index contributed by atoms with van der Waals surface area (Å²) in [5.74, 6) is -0.349. The van der Waals surface area contributed by atoms with E-state index in [0.29, 0.717) is 13.0 Å². The van der Waals surface area contributed by atoms with Crippen LogP contribution in [-0.4, -0.2) is 36.0 Å². The van der Waals surface area contributed by atoms with Gasteiger partial charge < -0.3 is 9.64 Å². The molecule has 0 spiro atoms. The van der Waals surface area contributed by atoms with Gasteiger partial charge >= 0.3 is 5.97 Å². The van der Waals surface area contributed by atoms with Gasteiger partial charge in [0, 0.05) is 6.42 Å². The van der Waals surface area contributed by atoms with Crippen LogP contribution >= 0.6 is 0 Å². The van der Waals surface area contributed by atoms with Crippen molar-refractivity contribution in [2.45, 2.75) is 25.8 Å². The molecule has 0 N–H and O–H groups in total. The van der Waals surface area contributed by atoms with E-state index in [1.807, 2.05) is 0 Å². The average Bonchev–Trinajstić information content (AvgIpc) is 2.48. The lowest BCUT2D eigenvalue weighted by Crippen LogP contribution is -2.37. The average molecular weight is 197 g/mol. The Hall–Kier alpha value is -1.32. The first kappa shape index (κ1) is 10.8. The summed E-state index contributed by atoms with van der Waals surface area (Å²) in [6.07, 6.45) is 2.95. The van der Waals surface area contributed by atoms with Crippen molar-refractivity contribution in [1.29, 1.82) is 0 Å². The highest BCUT2D eigenvalue weighted by molar-refractivity contribution is 5.84. The molecule has 14 heavy (non-hydrogen) atoms. The molecule has 1 aliphatic heterocycles. The lowest BCUT2D eigenvalue weighted by molar-refractivity contribution is -0.148. The number of nitrogens with zero attached hydrogens (tertiary/aromatic N) is 1. The maximum atomic E-state index is 11.4. The van der Waals surface area contributed by atoms with Crippen molar-refractivity contribution in [3.63, 3.8) is 0 Å². The fourth-order valence-corrected chi connectivity index (χ4v) is 1.55. The Bertz CT molecular complexity index is 250. The van der Waals surface area contributed by atoms with Crippen molar-refractivity contribution in [2.24, 2.45) is 0 Å². The van der Waals surface area contributed by atoms with Crippen molar-refractivity contribution in [2.75, 3.05) is 13.2 Å². The lowest BCUT2D eigenvalue weighted by Gasteiger charge is -2.20. The highest BCUT2D eigenvalue weighted by Crippen LogP contribution is 2.18. The third kappa shape index (κ3) is 2.34. The minimum absolute atomic E-state index is 0.00273. The van der Waals surface area contributed by atoms with E-state index in [0.717, 1.165) is 6.42 Å². The van der Waals surface area contributed by atoms with Gasteiger partial charge in [-0.2, -0.15) is 0 Å². The van der Waals surface area contributed by atoms with E-state index in [9.17, 15) is 9.59 Å². The molecule has 78 valence electrons. The Kier molecular flexibility index (Phi) is 3.68. The molecule has 1 amide bonds. The molecule has 0 radical (unpaired) electrons. The van der Waals surface area contributed by atoms with Gasteiger partial charge in [-0.3, -0.25) is 9.59 Å². The predicted molar refractivity (Wildman–Crippen MR) is 51.6 cm³/mol. The Morgan fingerprint density at radius 3 is 3.07 bits per heavy atom. The van der Waals surface area contributed by atoms with Crippen LogP contribution in [0.15, 0.2) is 12.7 Å². The first-order valence-corrected chi connectivity index (χ1v) is 4.76. The standard InChI is InChI=1S/C10H15NO3/c1-3-8-5-6-9(12)11(8)7-10(13)14-4-2/h3,8H,1,4-7H2,2H3. The second-order valence-corrected chi connectivity index (χ2v) is 3.17. The number of carbonyl (C=O) groups excluding carboxylic acids is 2. The molecular weight excluding hydrogens is 182 g/mol. The highest BCUT2D eigenvalue weighted by atomic mass is 16.5. The van der Waals surface area contributed by atoms with Crippen LogP contribution in [-0.2, 0) is 14.3 Å². The van der Waals surface area contributed by atoms with Gasteiger partial charge in [0.25, 0.3) is 0 Å². The zero-order chi connectivity index (χ0) is 10.6. The molecule has 1 fully saturated rings. The van der Waals surface area contributed by atoms with Gasteiger partial charge in [0.1, 0.15) is 6.54 Å². The van der Waals surface area contributed by atoms with Crippen molar-refractivity contribution < 1.29 is 14.3 Å². The molecule has 4 heteroatoms. The van der Waals surface area contributed by atoms with Crippen LogP contribution in [0.3, 0.4) is 0 Å². The molecule has 0 aromatic heterocycles. The Morgan fingerprint density at radius 2 is 2.50 bits per heavy atom. The topological polar surface area (TPSA) is 46.6 Å². The maximum Gasteiger partial charge on any atom is 0.325 e. The summed E-state index contributed by atoms with van der Waals surface area (Å²) >= 11 is 0. The van der Waals surface area contributed by atoms with Gasteiger partial charge in [0.05, 0.1) is 12.6 Å². The van der Waals surface area contributed by atoms with Crippen molar-refractivity contribution >= 4 is 11.9 Å². The Morgan fingerprint density at radius 1 is 1.79 bits per heavy atom. The minimum Gasteiger partial charge on any atom is -0.465 e. The van der Waals surface area contributed by atoms with Crippen molar-refractivity contribution in [3.8, 4) is 0 Å². The normalized spacial score (nSPS) is 21.1. The quantitative estimate of drug-likeness (QED) is 0.493. The first-order valence-electron chi connectivity index (χ1n) is 4.76. The molecule has 4 nitrogen and oxygen atoms in total. The third-order valence-electron chi connectivity index (χ3n) is 2.25. The molecule has 0 aliphatic carbocycles. The van der Waals surface area contributed by atoms with Crippen LogP contribution in [0, 0.1) is 0 Å². The number of hydrogen-bond acceptors (Lipinski definition) is 3. The van der Waals surface area contributed by atoms with Crippen molar-refractivity contribution in [1.82, 2.24) is 4.90 Å². The minimum atomic E-state index is -0.352. The summed E-state index contributed by atoms with van der Waals surface area (Å²) in [6, 6.07) is -0.00749. The summed E-state index contributed by atoms with van der Waals surface area (Å²) in [4.78, 5) is 24.0. The number of likely N-dealkylation sites (tertiary alicyclic amines) is 1. The number of ether oxygens (including phenoxy) is 1. The van der Waals surface area contributed by atoms with Gasteiger partial charge in [-0.1, -0.05) is 6.08 Å². The zero-order valence-electron chi connectivity index (χ0n) is 8.36. The van der Waals surface area contributed by atoms with E-state index in [2.05, 4.69) is 6.58 Å². The van der Waals surface area contributed by atoms with E-state index in [1.54, 1.807) is 13.0 Å². The molecule has 1 aliphatic rings. The predicted octanol–water partition coefficient (Wildman–Crippen LogP) is 0.726. The summed E-state index contributed by atoms with van der Waals surface area (Å²) in [7, 11) is 0.